The number of nitrogens with one attached hydrogen (secondary N) is 1. The highest BCUT2D eigenvalue weighted by molar-refractivity contribution is 7.45. The molecule has 0 radical (unpaired) electrons. The molecule has 0 heterocycles. The first-order valence-electron chi connectivity index (χ1n) is 37.7. The number of carbonyl (C=O) groups is 1. The van der Waals surface area contributed by atoms with Gasteiger partial charge in [-0.2, -0.15) is 0 Å². The van der Waals surface area contributed by atoms with Crippen molar-refractivity contribution in [1.29, 1.82) is 0 Å². The molecule has 506 valence electrons. The minimum Gasteiger partial charge on any atom is -0.756 e. The molecule has 0 aromatic rings. The Labute approximate surface area is 536 Å². The van der Waals surface area contributed by atoms with Gasteiger partial charge in [0.05, 0.1) is 39.9 Å². The molecule has 0 aliphatic rings. The topological polar surface area (TPSA) is 108 Å². The van der Waals surface area contributed by atoms with E-state index < -0.39 is 20.0 Å². The van der Waals surface area contributed by atoms with Crippen LogP contribution in [0.5, 0.6) is 0 Å². The highest BCUT2D eigenvalue weighted by Gasteiger charge is 2.23. The number of unbranched alkanes of at least 4 members (excludes halogenated alkanes) is 49. The van der Waals surface area contributed by atoms with Gasteiger partial charge < -0.3 is 28.8 Å². The monoisotopic (exact) mass is 1230 g/mol. The van der Waals surface area contributed by atoms with E-state index >= 15 is 0 Å². The lowest BCUT2D eigenvalue weighted by Gasteiger charge is -2.29. The van der Waals surface area contributed by atoms with Crippen LogP contribution >= 0.6 is 7.82 Å². The van der Waals surface area contributed by atoms with Crippen molar-refractivity contribution in [2.24, 2.45) is 0 Å². The summed E-state index contributed by atoms with van der Waals surface area (Å²) in [5.41, 5.74) is 0. The van der Waals surface area contributed by atoms with E-state index in [1.807, 2.05) is 27.2 Å². The van der Waals surface area contributed by atoms with Crippen molar-refractivity contribution in [3.8, 4) is 0 Å². The van der Waals surface area contributed by atoms with Crippen LogP contribution in [-0.4, -0.2) is 68.5 Å². The van der Waals surface area contributed by atoms with Crippen LogP contribution in [0, 0.1) is 0 Å². The Hall–Kier alpha value is -1.80. The number of aliphatic hydroxyl groups excluding tert-OH is 1. The smallest absolute Gasteiger partial charge is 0.268 e. The van der Waals surface area contributed by atoms with Crippen LogP contribution in [0.4, 0.5) is 0 Å². The summed E-state index contributed by atoms with van der Waals surface area (Å²) in [6.45, 7) is 4.59. The number of quaternary nitrogens is 1. The van der Waals surface area contributed by atoms with Gasteiger partial charge in [0.2, 0.25) is 5.91 Å². The number of hydrogen-bond acceptors (Lipinski definition) is 6. The Morgan fingerprint density at radius 1 is 0.419 bits per heavy atom. The zero-order valence-electron chi connectivity index (χ0n) is 58.0. The number of likely N-dealkylation sites (N-methyl/N-ethyl adjacent to an activating group) is 1. The molecule has 0 aliphatic heterocycles. The van der Waals surface area contributed by atoms with Crippen LogP contribution in [0.1, 0.15) is 373 Å². The Balaban J connectivity index is 3.91. The SMILES string of the molecule is CC/C=C\C/C=C\C/C=C\C/C=C\CCCCCCCCCCCCCCCCCCCCCCCCCCCCCCC(=O)NC(COP(=O)([O-])OCC[N+](C)(C)C)C(O)/C=C/CCCCCCCCCCCCCCCCCCCCCCC. The number of nitrogens with zero attached hydrogens (tertiary/aromatic N) is 1. The highest BCUT2D eigenvalue weighted by atomic mass is 31.2. The molecule has 0 spiro atoms. The normalized spacial score (nSPS) is 13.9. The van der Waals surface area contributed by atoms with Crippen molar-refractivity contribution in [2.45, 2.75) is 386 Å². The molecule has 0 fully saturated rings. The fourth-order valence-corrected chi connectivity index (χ4v) is 12.2. The van der Waals surface area contributed by atoms with Crippen molar-refractivity contribution in [2.75, 3.05) is 40.9 Å². The van der Waals surface area contributed by atoms with Gasteiger partial charge in [-0.05, 0) is 57.8 Å². The molecule has 0 aromatic carbocycles. The van der Waals surface area contributed by atoms with Gasteiger partial charge in [0.25, 0.3) is 7.82 Å². The average molecular weight is 1230 g/mol. The first-order chi connectivity index (χ1) is 42.0. The number of rotatable bonds is 70. The van der Waals surface area contributed by atoms with E-state index in [2.05, 4.69) is 67.8 Å². The second-order valence-electron chi connectivity index (χ2n) is 27.0. The first-order valence-corrected chi connectivity index (χ1v) is 39.1. The van der Waals surface area contributed by atoms with Gasteiger partial charge in [-0.3, -0.25) is 9.36 Å². The Kier molecular flexibility index (Phi) is 66.2. The molecule has 0 saturated carbocycles. The molecule has 0 saturated heterocycles. The van der Waals surface area contributed by atoms with Crippen molar-refractivity contribution in [3.05, 3.63) is 60.8 Å². The summed E-state index contributed by atoms with van der Waals surface area (Å²) in [5, 5.41) is 14.0. The fraction of sp³-hybridized carbons (Fsp3) is 0.857. The quantitative estimate of drug-likeness (QED) is 0.0272. The molecule has 9 heteroatoms. The first kappa shape index (κ1) is 84.2. The minimum absolute atomic E-state index is 0.000946. The summed E-state index contributed by atoms with van der Waals surface area (Å²) in [7, 11) is 1.28. The third kappa shape index (κ3) is 69.7. The Bertz CT molecular complexity index is 1590. The fourth-order valence-electron chi connectivity index (χ4n) is 11.4. The summed E-state index contributed by atoms with van der Waals surface area (Å²) in [5.74, 6) is -0.189. The zero-order chi connectivity index (χ0) is 62.6. The predicted octanol–water partition coefficient (Wildman–Crippen LogP) is 23.7. The van der Waals surface area contributed by atoms with Crippen molar-refractivity contribution in [3.63, 3.8) is 0 Å². The number of allylic oxidation sites excluding steroid dienone is 9. The van der Waals surface area contributed by atoms with Crippen LogP contribution in [-0.2, 0) is 18.4 Å². The number of phosphoric acid groups is 1. The number of carbonyl (C=O) groups excluding carboxylic acids is 1. The standard InChI is InChI=1S/C77H147N2O6P/c1-6-8-10-12-14-16-18-20-22-24-26-28-30-31-32-33-34-35-36-37-38-39-40-41-42-43-44-45-46-47-49-51-53-55-57-59-61-63-65-67-69-71-77(81)78-75(74-85-86(82,83)84-73-72-79(3,4)5)76(80)70-68-66-64-62-60-58-56-54-52-50-48-29-27-25-23-21-19-17-15-13-11-9-7-2/h8,10,14,16,20,22,26,28,68,70,75-76,80H,6-7,9,11-13,15,17-19,21,23-25,27,29-67,69,71-74H2,1-5H3,(H-,78,81,82,83)/b10-8-,16-14-,22-20-,28-26-,70-68+. The van der Waals surface area contributed by atoms with Crippen molar-refractivity contribution < 1.29 is 32.9 Å². The summed E-state index contributed by atoms with van der Waals surface area (Å²) in [4.78, 5) is 25.7. The molecule has 0 rings (SSSR count). The Morgan fingerprint density at radius 2 is 0.709 bits per heavy atom. The van der Waals surface area contributed by atoms with Gasteiger partial charge >= 0.3 is 0 Å². The van der Waals surface area contributed by atoms with Crippen LogP contribution in [0.3, 0.4) is 0 Å². The molecule has 1 amide bonds. The summed E-state index contributed by atoms with van der Waals surface area (Å²) in [6.07, 6.45) is 93.7. The van der Waals surface area contributed by atoms with Crippen LogP contribution < -0.4 is 10.2 Å². The van der Waals surface area contributed by atoms with Crippen molar-refractivity contribution >= 4 is 13.7 Å². The molecular weight excluding hydrogens is 1080 g/mol. The second kappa shape index (κ2) is 67.6. The van der Waals surface area contributed by atoms with E-state index in [1.165, 1.54) is 289 Å². The maximum atomic E-state index is 13.1. The second-order valence-corrected chi connectivity index (χ2v) is 28.4. The summed E-state index contributed by atoms with van der Waals surface area (Å²) >= 11 is 0. The maximum absolute atomic E-state index is 13.1. The van der Waals surface area contributed by atoms with Crippen LogP contribution in [0.15, 0.2) is 60.8 Å². The largest absolute Gasteiger partial charge is 0.756 e. The van der Waals surface area contributed by atoms with E-state index in [-0.39, 0.29) is 19.1 Å². The van der Waals surface area contributed by atoms with Gasteiger partial charge in [0.15, 0.2) is 0 Å². The van der Waals surface area contributed by atoms with Gasteiger partial charge in [-0.1, -0.05) is 370 Å². The molecule has 86 heavy (non-hydrogen) atoms. The lowest BCUT2D eigenvalue weighted by molar-refractivity contribution is -0.870. The van der Waals surface area contributed by atoms with E-state index in [0.717, 1.165) is 64.2 Å². The van der Waals surface area contributed by atoms with Crippen LogP contribution in [0.25, 0.3) is 0 Å². The van der Waals surface area contributed by atoms with Gasteiger partial charge in [-0.15, -0.1) is 0 Å². The molecule has 2 N–H and O–H groups in total. The van der Waals surface area contributed by atoms with E-state index in [9.17, 15) is 19.4 Å². The molecular formula is C77H147N2O6P. The number of aliphatic hydroxyl groups is 1. The number of hydrogen-bond donors (Lipinski definition) is 2. The Morgan fingerprint density at radius 3 is 1.03 bits per heavy atom. The molecule has 3 unspecified atom stereocenters. The molecule has 8 nitrogen and oxygen atoms in total. The molecule has 0 bridgehead atoms. The van der Waals surface area contributed by atoms with E-state index in [0.29, 0.717) is 17.4 Å². The molecule has 3 atom stereocenters. The zero-order valence-corrected chi connectivity index (χ0v) is 58.9. The van der Waals surface area contributed by atoms with E-state index in [4.69, 9.17) is 9.05 Å². The average Bonchev–Trinajstić information content (AvgIpc) is 3.70. The van der Waals surface area contributed by atoms with Gasteiger partial charge in [0, 0.05) is 6.42 Å². The number of amides is 1. The van der Waals surface area contributed by atoms with E-state index in [1.54, 1.807) is 6.08 Å². The third-order valence-electron chi connectivity index (χ3n) is 17.2. The minimum atomic E-state index is -4.60. The number of phosphoric ester groups is 1. The van der Waals surface area contributed by atoms with Gasteiger partial charge in [0.1, 0.15) is 13.2 Å². The molecule has 0 aromatic heterocycles. The van der Waals surface area contributed by atoms with Crippen molar-refractivity contribution in [1.82, 2.24) is 5.32 Å². The third-order valence-corrected chi connectivity index (χ3v) is 18.2. The maximum Gasteiger partial charge on any atom is 0.268 e. The molecule has 0 aliphatic carbocycles. The highest BCUT2D eigenvalue weighted by Crippen LogP contribution is 2.38. The lowest BCUT2D eigenvalue weighted by atomic mass is 10.0. The van der Waals surface area contributed by atoms with Crippen LogP contribution in [0.2, 0.25) is 0 Å². The lowest BCUT2D eigenvalue weighted by Crippen LogP contribution is -2.45. The predicted molar refractivity (Wildman–Crippen MR) is 376 cm³/mol. The van der Waals surface area contributed by atoms with Gasteiger partial charge in [-0.25, -0.2) is 0 Å². The summed E-state index contributed by atoms with van der Waals surface area (Å²) in [6, 6.07) is -0.887. The summed E-state index contributed by atoms with van der Waals surface area (Å²) < 4.78 is 23.5.